The molecule has 0 radical (unpaired) electrons. The van der Waals surface area contributed by atoms with Crippen LogP contribution in [-0.2, 0) is 0 Å². The van der Waals surface area contributed by atoms with E-state index < -0.39 is 17.2 Å². The Balaban J connectivity index is 3.22. The van der Waals surface area contributed by atoms with Crippen LogP contribution in [0.4, 0.5) is 8.78 Å². The molecule has 0 saturated heterocycles. The summed E-state index contributed by atoms with van der Waals surface area (Å²) in [4.78, 5) is 0. The third-order valence-electron chi connectivity index (χ3n) is 2.11. The van der Waals surface area contributed by atoms with E-state index in [1.807, 2.05) is 0 Å². The van der Waals surface area contributed by atoms with Crippen molar-refractivity contribution in [3.05, 3.63) is 34.9 Å². The lowest BCUT2D eigenvalue weighted by Gasteiger charge is -2.11. The normalized spacial score (nSPS) is 12.2. The summed E-state index contributed by atoms with van der Waals surface area (Å²) >= 11 is 0. The Morgan fingerprint density at radius 1 is 1.36 bits per heavy atom. The molecule has 0 aliphatic carbocycles. The minimum Gasteiger partial charge on any atom is -0.313 e. The van der Waals surface area contributed by atoms with Gasteiger partial charge in [0.1, 0.15) is 23.3 Å². The van der Waals surface area contributed by atoms with Crippen molar-refractivity contribution in [2.75, 3.05) is 7.05 Å². The average Bonchev–Trinajstić information content (AvgIpc) is 2.16. The van der Waals surface area contributed by atoms with Crippen molar-refractivity contribution >= 4 is 0 Å². The highest BCUT2D eigenvalue weighted by molar-refractivity contribution is 5.36. The first-order valence-corrected chi connectivity index (χ1v) is 4.16. The van der Waals surface area contributed by atoms with Gasteiger partial charge in [0, 0.05) is 6.04 Å². The molecule has 1 aromatic carbocycles. The molecule has 1 rings (SSSR count). The highest BCUT2D eigenvalue weighted by Crippen LogP contribution is 2.19. The van der Waals surface area contributed by atoms with E-state index in [0.717, 1.165) is 0 Å². The molecule has 74 valence electrons. The molecule has 0 amide bonds. The number of hydrogen-bond acceptors (Lipinski definition) is 2. The third kappa shape index (κ3) is 1.88. The van der Waals surface area contributed by atoms with Crippen LogP contribution in [0.15, 0.2) is 12.1 Å². The van der Waals surface area contributed by atoms with E-state index in [2.05, 4.69) is 5.32 Å². The van der Waals surface area contributed by atoms with Crippen LogP contribution < -0.4 is 5.32 Å². The number of hydrogen-bond donors (Lipinski definition) is 1. The minimum atomic E-state index is -0.815. The fraction of sp³-hybridized carbons (Fsp3) is 0.300. The van der Waals surface area contributed by atoms with E-state index in [4.69, 9.17) is 5.26 Å². The van der Waals surface area contributed by atoms with Gasteiger partial charge >= 0.3 is 0 Å². The maximum absolute atomic E-state index is 13.1. The van der Waals surface area contributed by atoms with Crippen LogP contribution in [0.2, 0.25) is 0 Å². The second kappa shape index (κ2) is 4.16. The second-order valence-corrected chi connectivity index (χ2v) is 2.98. The lowest BCUT2D eigenvalue weighted by atomic mass is 10.1. The molecule has 1 atom stereocenters. The van der Waals surface area contributed by atoms with Crippen molar-refractivity contribution in [2.24, 2.45) is 0 Å². The van der Waals surface area contributed by atoms with E-state index in [1.165, 1.54) is 18.2 Å². The second-order valence-electron chi connectivity index (χ2n) is 2.98. The molecular formula is C10H10F2N2. The van der Waals surface area contributed by atoms with Gasteiger partial charge in [-0.3, -0.25) is 0 Å². The minimum absolute atomic E-state index is 0.147. The number of benzene rings is 1. The van der Waals surface area contributed by atoms with Gasteiger partial charge in [0.05, 0.1) is 0 Å². The summed E-state index contributed by atoms with van der Waals surface area (Å²) in [5, 5.41) is 11.3. The van der Waals surface area contributed by atoms with Crippen molar-refractivity contribution in [2.45, 2.75) is 13.0 Å². The molecule has 1 aromatic rings. The van der Waals surface area contributed by atoms with Gasteiger partial charge in [-0.1, -0.05) is 0 Å². The summed E-state index contributed by atoms with van der Waals surface area (Å²) in [6.45, 7) is 1.78. The van der Waals surface area contributed by atoms with E-state index in [-0.39, 0.29) is 6.04 Å². The van der Waals surface area contributed by atoms with E-state index in [9.17, 15) is 8.78 Å². The van der Waals surface area contributed by atoms with E-state index >= 15 is 0 Å². The van der Waals surface area contributed by atoms with Crippen molar-refractivity contribution < 1.29 is 8.78 Å². The topological polar surface area (TPSA) is 35.8 Å². The van der Waals surface area contributed by atoms with Crippen LogP contribution in [0.1, 0.15) is 24.1 Å². The largest absolute Gasteiger partial charge is 0.313 e. The molecule has 0 spiro atoms. The molecule has 0 aliphatic rings. The van der Waals surface area contributed by atoms with Crippen LogP contribution in [0.25, 0.3) is 0 Å². The van der Waals surface area contributed by atoms with Gasteiger partial charge in [0.25, 0.3) is 0 Å². The fourth-order valence-corrected chi connectivity index (χ4v) is 1.12. The van der Waals surface area contributed by atoms with Gasteiger partial charge < -0.3 is 5.32 Å². The Hall–Kier alpha value is -1.47. The van der Waals surface area contributed by atoms with Gasteiger partial charge in [-0.05, 0) is 31.7 Å². The Morgan fingerprint density at radius 3 is 2.21 bits per heavy atom. The molecule has 0 heterocycles. The molecule has 0 bridgehead atoms. The zero-order chi connectivity index (χ0) is 10.7. The van der Waals surface area contributed by atoms with Crippen LogP contribution in [0.5, 0.6) is 0 Å². The first-order chi connectivity index (χ1) is 6.60. The van der Waals surface area contributed by atoms with E-state index in [1.54, 1.807) is 14.0 Å². The molecule has 1 N–H and O–H groups in total. The molecule has 0 aliphatic heterocycles. The maximum Gasteiger partial charge on any atom is 0.144 e. The summed E-state index contributed by atoms with van der Waals surface area (Å²) in [5.41, 5.74) is -0.0430. The SMILES string of the molecule is CNC(C)c1cc(F)c(C#N)c(F)c1. The molecule has 4 heteroatoms. The zero-order valence-electron chi connectivity index (χ0n) is 7.94. The lowest BCUT2D eigenvalue weighted by Crippen LogP contribution is -2.13. The van der Waals surface area contributed by atoms with Crippen LogP contribution in [0, 0.1) is 23.0 Å². The molecule has 0 aromatic heterocycles. The summed E-state index contributed by atoms with van der Waals surface area (Å²) in [6, 6.07) is 3.67. The van der Waals surface area contributed by atoms with Gasteiger partial charge in [0.15, 0.2) is 0 Å². The van der Waals surface area contributed by atoms with Crippen molar-refractivity contribution in [1.82, 2.24) is 5.32 Å². The highest BCUT2D eigenvalue weighted by Gasteiger charge is 2.12. The number of nitrogens with one attached hydrogen (secondary N) is 1. The predicted octanol–water partition coefficient (Wildman–Crippen LogP) is 2.12. The Kier molecular flexibility index (Phi) is 3.15. The lowest BCUT2D eigenvalue weighted by molar-refractivity contribution is 0.561. The summed E-state index contributed by atoms with van der Waals surface area (Å²) < 4.78 is 26.2. The molecule has 2 nitrogen and oxygen atoms in total. The molecule has 0 fully saturated rings. The van der Waals surface area contributed by atoms with Gasteiger partial charge in [-0.15, -0.1) is 0 Å². The number of nitriles is 1. The summed E-state index contributed by atoms with van der Waals surface area (Å²) in [6.07, 6.45) is 0. The Bertz CT molecular complexity index is 359. The summed E-state index contributed by atoms with van der Waals surface area (Å²) in [7, 11) is 1.69. The smallest absolute Gasteiger partial charge is 0.144 e. The molecule has 0 saturated carbocycles. The first-order valence-electron chi connectivity index (χ1n) is 4.16. The molecule has 1 unspecified atom stereocenters. The summed E-state index contributed by atoms with van der Waals surface area (Å²) in [5.74, 6) is -1.63. The monoisotopic (exact) mass is 196 g/mol. The van der Waals surface area contributed by atoms with Crippen LogP contribution in [-0.4, -0.2) is 7.05 Å². The Labute approximate surface area is 81.2 Å². The molecular weight excluding hydrogens is 186 g/mol. The van der Waals surface area contributed by atoms with Crippen LogP contribution in [0.3, 0.4) is 0 Å². The number of halogens is 2. The van der Waals surface area contributed by atoms with Gasteiger partial charge in [-0.2, -0.15) is 5.26 Å². The highest BCUT2D eigenvalue weighted by atomic mass is 19.1. The molecule has 14 heavy (non-hydrogen) atoms. The van der Waals surface area contributed by atoms with Crippen molar-refractivity contribution in [1.29, 1.82) is 5.26 Å². The van der Waals surface area contributed by atoms with Crippen LogP contribution >= 0.6 is 0 Å². The van der Waals surface area contributed by atoms with Gasteiger partial charge in [0.2, 0.25) is 0 Å². The quantitative estimate of drug-likeness (QED) is 0.786. The van der Waals surface area contributed by atoms with Crippen molar-refractivity contribution in [3.63, 3.8) is 0 Å². The van der Waals surface area contributed by atoms with E-state index in [0.29, 0.717) is 5.56 Å². The maximum atomic E-state index is 13.1. The fourth-order valence-electron chi connectivity index (χ4n) is 1.12. The number of rotatable bonds is 2. The predicted molar refractivity (Wildman–Crippen MR) is 48.5 cm³/mol. The van der Waals surface area contributed by atoms with Gasteiger partial charge in [-0.25, -0.2) is 8.78 Å². The zero-order valence-corrected chi connectivity index (χ0v) is 7.94. The Morgan fingerprint density at radius 2 is 1.86 bits per heavy atom. The third-order valence-corrected chi connectivity index (χ3v) is 2.11. The first kappa shape index (κ1) is 10.6. The standard InChI is InChI=1S/C10H10F2N2/c1-6(14-2)7-3-9(11)8(5-13)10(12)4-7/h3-4,6,14H,1-2H3. The average molecular weight is 196 g/mol. The number of nitrogens with zero attached hydrogens (tertiary/aromatic N) is 1. The van der Waals surface area contributed by atoms with Crippen molar-refractivity contribution in [3.8, 4) is 6.07 Å².